The van der Waals surface area contributed by atoms with E-state index in [0.29, 0.717) is 40.0 Å². The fourth-order valence-corrected chi connectivity index (χ4v) is 3.57. The second kappa shape index (κ2) is 7.11. The maximum absolute atomic E-state index is 12.8. The van der Waals surface area contributed by atoms with Crippen molar-refractivity contribution in [3.63, 3.8) is 0 Å². The van der Waals surface area contributed by atoms with Gasteiger partial charge < -0.3 is 13.9 Å². The number of furan rings is 1. The van der Waals surface area contributed by atoms with Gasteiger partial charge in [0.1, 0.15) is 17.8 Å². The lowest BCUT2D eigenvalue weighted by atomic mass is 9.87. The Morgan fingerprint density at radius 2 is 2.10 bits per heavy atom. The van der Waals surface area contributed by atoms with Gasteiger partial charge in [-0.3, -0.25) is 4.98 Å². The highest BCUT2D eigenvalue weighted by Crippen LogP contribution is 2.44. The number of carbonyl (C=O) groups excluding carboxylic acids is 1. The van der Waals surface area contributed by atoms with Crippen LogP contribution in [0.4, 0.5) is 0 Å². The zero-order valence-electron chi connectivity index (χ0n) is 16.3. The van der Waals surface area contributed by atoms with Gasteiger partial charge in [-0.15, -0.1) is 5.10 Å². The van der Waals surface area contributed by atoms with Crippen LogP contribution >= 0.6 is 0 Å². The number of ether oxygens (including phenoxy) is 2. The van der Waals surface area contributed by atoms with Crippen LogP contribution in [-0.4, -0.2) is 37.1 Å². The number of aromatic nitrogens is 5. The van der Waals surface area contributed by atoms with Gasteiger partial charge in [0.2, 0.25) is 5.88 Å². The summed E-state index contributed by atoms with van der Waals surface area (Å²) in [6.07, 6.45) is 6.44. The van der Waals surface area contributed by atoms with Gasteiger partial charge in [0.05, 0.1) is 29.9 Å². The lowest BCUT2D eigenvalue weighted by molar-refractivity contribution is -0.139. The van der Waals surface area contributed by atoms with Crippen LogP contribution < -0.4 is 4.74 Å². The number of pyridine rings is 1. The lowest BCUT2D eigenvalue weighted by Gasteiger charge is -2.26. The summed E-state index contributed by atoms with van der Waals surface area (Å²) in [6, 6.07) is 7.21. The van der Waals surface area contributed by atoms with Crippen LogP contribution in [0.3, 0.4) is 0 Å². The number of rotatable bonds is 4. The molecule has 0 fully saturated rings. The molecule has 0 spiro atoms. The molecule has 1 aliphatic heterocycles. The highest BCUT2D eigenvalue weighted by molar-refractivity contribution is 5.93. The number of fused-ring (bicyclic) bond motifs is 3. The molecule has 9 nitrogen and oxygen atoms in total. The molecule has 4 aromatic rings. The molecule has 0 unspecified atom stereocenters. The number of hydrogen-bond donors (Lipinski definition) is 0. The average molecular weight is 403 g/mol. The molecule has 0 amide bonds. The monoisotopic (exact) mass is 403 g/mol. The van der Waals surface area contributed by atoms with Crippen molar-refractivity contribution in [1.82, 2.24) is 24.6 Å². The Morgan fingerprint density at radius 1 is 1.27 bits per heavy atom. The molecular formula is C21H17N5O4. The molecule has 0 saturated carbocycles. The summed E-state index contributed by atoms with van der Waals surface area (Å²) in [5, 5.41) is 4.53. The van der Waals surface area contributed by atoms with Crippen molar-refractivity contribution in [2.24, 2.45) is 0 Å². The van der Waals surface area contributed by atoms with E-state index in [1.165, 1.54) is 6.33 Å². The first-order chi connectivity index (χ1) is 14.7. The van der Waals surface area contributed by atoms with Crippen LogP contribution in [0.15, 0.2) is 65.0 Å². The van der Waals surface area contributed by atoms with E-state index in [0.717, 1.165) is 5.56 Å². The van der Waals surface area contributed by atoms with Crippen molar-refractivity contribution >= 4 is 11.6 Å². The number of nitrogens with zero attached hydrogens (tertiary/aromatic N) is 5. The minimum atomic E-state index is -0.589. The zero-order valence-corrected chi connectivity index (χ0v) is 16.3. The van der Waals surface area contributed by atoms with Crippen LogP contribution in [0, 0.1) is 0 Å². The summed E-state index contributed by atoms with van der Waals surface area (Å²) < 4.78 is 18.4. The largest absolute Gasteiger partial charge is 0.468 e. The summed E-state index contributed by atoms with van der Waals surface area (Å²) in [5.74, 6) is 0.766. The molecule has 0 radical (unpaired) electrons. The van der Waals surface area contributed by atoms with E-state index < -0.39 is 11.9 Å². The first-order valence-electron chi connectivity index (χ1n) is 9.42. The molecule has 150 valence electrons. The number of hydrogen-bond acceptors (Lipinski definition) is 8. The number of esters is 1. The molecule has 1 atom stereocenters. The van der Waals surface area contributed by atoms with Crippen molar-refractivity contribution < 1.29 is 18.7 Å². The Kier molecular flexibility index (Phi) is 4.27. The Morgan fingerprint density at radius 3 is 2.83 bits per heavy atom. The molecule has 4 aromatic heterocycles. The predicted octanol–water partition coefficient (Wildman–Crippen LogP) is 3.14. The molecule has 0 bridgehead atoms. The minimum Gasteiger partial charge on any atom is -0.468 e. The van der Waals surface area contributed by atoms with E-state index in [4.69, 9.17) is 18.9 Å². The average Bonchev–Trinajstić information content (AvgIpc) is 3.43. The van der Waals surface area contributed by atoms with Crippen LogP contribution in [-0.2, 0) is 9.53 Å². The first kappa shape index (κ1) is 18.0. The van der Waals surface area contributed by atoms with Gasteiger partial charge in [0.25, 0.3) is 0 Å². The van der Waals surface area contributed by atoms with Crippen LogP contribution in [0.5, 0.6) is 5.88 Å². The molecule has 0 N–H and O–H groups in total. The third kappa shape index (κ3) is 2.83. The van der Waals surface area contributed by atoms with Gasteiger partial charge in [-0.1, -0.05) is 0 Å². The first-order valence-corrected chi connectivity index (χ1v) is 9.42. The van der Waals surface area contributed by atoms with Gasteiger partial charge in [-0.2, -0.15) is 0 Å². The van der Waals surface area contributed by atoms with Crippen molar-refractivity contribution in [1.29, 1.82) is 0 Å². The SMILES string of the molecule is CCOC(=O)C1=C(C)Oc2ncn3nc(-c4ccncc4)nc3c2[C@H]1c1ccco1. The van der Waals surface area contributed by atoms with E-state index in [2.05, 4.69) is 15.1 Å². The van der Waals surface area contributed by atoms with Gasteiger partial charge >= 0.3 is 5.97 Å². The van der Waals surface area contributed by atoms with Crippen molar-refractivity contribution in [3.8, 4) is 17.3 Å². The Labute approximate surface area is 171 Å². The smallest absolute Gasteiger partial charge is 0.338 e. The topological polar surface area (TPSA) is 105 Å². The maximum Gasteiger partial charge on any atom is 0.338 e. The summed E-state index contributed by atoms with van der Waals surface area (Å²) in [5.41, 5.74) is 2.27. The van der Waals surface area contributed by atoms with Crippen molar-refractivity contribution in [3.05, 3.63) is 71.9 Å². The Hall–Kier alpha value is -4.01. The molecule has 0 aromatic carbocycles. The molecule has 9 heteroatoms. The van der Waals surface area contributed by atoms with Gasteiger partial charge in [0.15, 0.2) is 11.5 Å². The molecule has 5 heterocycles. The van der Waals surface area contributed by atoms with Gasteiger partial charge in [0, 0.05) is 18.0 Å². The predicted molar refractivity (Wildman–Crippen MR) is 105 cm³/mol. The molecule has 0 aliphatic carbocycles. The quantitative estimate of drug-likeness (QED) is 0.479. The fraction of sp³-hybridized carbons (Fsp3) is 0.190. The number of carbonyl (C=O) groups is 1. The van der Waals surface area contributed by atoms with E-state index >= 15 is 0 Å². The summed E-state index contributed by atoms with van der Waals surface area (Å²) in [4.78, 5) is 26.0. The van der Waals surface area contributed by atoms with Gasteiger partial charge in [-0.05, 0) is 38.1 Å². The standard InChI is InChI=1S/C21H17N5O4/c1-3-28-21(27)15-12(2)30-20-17(16(15)14-5-4-10-29-14)19-24-18(25-26(19)11-23-20)13-6-8-22-9-7-13/h4-11,16H,3H2,1-2H3/t16-/m0/s1. The normalized spacial score (nSPS) is 15.7. The minimum absolute atomic E-state index is 0.243. The zero-order chi connectivity index (χ0) is 20.7. The highest BCUT2D eigenvalue weighted by Gasteiger charge is 2.39. The van der Waals surface area contributed by atoms with Crippen LogP contribution in [0.25, 0.3) is 17.0 Å². The molecule has 30 heavy (non-hydrogen) atoms. The summed E-state index contributed by atoms with van der Waals surface area (Å²) in [7, 11) is 0. The maximum atomic E-state index is 12.8. The van der Waals surface area contributed by atoms with E-state index in [-0.39, 0.29) is 6.61 Å². The second-order valence-electron chi connectivity index (χ2n) is 6.64. The Balaban J connectivity index is 1.75. The fourth-order valence-electron chi connectivity index (χ4n) is 3.57. The molecule has 0 saturated heterocycles. The molecular weight excluding hydrogens is 386 g/mol. The van der Waals surface area contributed by atoms with Crippen LogP contribution in [0.2, 0.25) is 0 Å². The van der Waals surface area contributed by atoms with Crippen molar-refractivity contribution in [2.45, 2.75) is 19.8 Å². The Bertz CT molecular complexity index is 1260. The van der Waals surface area contributed by atoms with E-state index in [1.807, 2.05) is 12.1 Å². The molecule has 5 rings (SSSR count). The summed E-state index contributed by atoms with van der Waals surface area (Å²) in [6.45, 7) is 3.71. The number of allylic oxidation sites excluding steroid dienone is 1. The van der Waals surface area contributed by atoms with E-state index in [9.17, 15) is 4.79 Å². The van der Waals surface area contributed by atoms with E-state index in [1.54, 1.807) is 49.2 Å². The third-order valence-corrected chi connectivity index (χ3v) is 4.85. The third-order valence-electron chi connectivity index (χ3n) is 4.85. The highest BCUT2D eigenvalue weighted by atomic mass is 16.5. The van der Waals surface area contributed by atoms with Crippen LogP contribution in [0.1, 0.15) is 31.1 Å². The molecule has 1 aliphatic rings. The van der Waals surface area contributed by atoms with Crippen molar-refractivity contribution in [2.75, 3.05) is 6.61 Å². The summed E-state index contributed by atoms with van der Waals surface area (Å²) >= 11 is 0. The lowest BCUT2D eigenvalue weighted by Crippen LogP contribution is -2.24. The van der Waals surface area contributed by atoms with Gasteiger partial charge in [-0.25, -0.2) is 19.3 Å². The second-order valence-corrected chi connectivity index (χ2v) is 6.64.